The number of Topliss-reactive ketones (excluding diaryl/α,β-unsaturated/α-hetero) is 1. The molecule has 2 aromatic carbocycles. The van der Waals surface area contributed by atoms with Crippen molar-refractivity contribution in [2.24, 2.45) is 0 Å². The van der Waals surface area contributed by atoms with Gasteiger partial charge < -0.3 is 14.8 Å². The highest BCUT2D eigenvalue weighted by Crippen LogP contribution is 2.46. The van der Waals surface area contributed by atoms with Gasteiger partial charge in [-0.3, -0.25) is 9.59 Å². The first kappa shape index (κ1) is 19.7. The van der Waals surface area contributed by atoms with E-state index in [2.05, 4.69) is 21.2 Å². The third-order valence-corrected chi connectivity index (χ3v) is 6.31. The van der Waals surface area contributed by atoms with Crippen LogP contribution >= 0.6 is 15.9 Å². The first-order valence-corrected chi connectivity index (χ1v) is 10.3. The molecular formula is C23H22BrNO4. The van der Waals surface area contributed by atoms with E-state index in [-0.39, 0.29) is 29.9 Å². The predicted molar refractivity (Wildman–Crippen MR) is 113 cm³/mol. The van der Waals surface area contributed by atoms with Gasteiger partial charge in [-0.25, -0.2) is 0 Å². The molecule has 1 aliphatic heterocycles. The molecule has 0 aromatic heterocycles. The summed E-state index contributed by atoms with van der Waals surface area (Å²) >= 11 is 3.47. The number of methoxy groups -OCH3 is 2. The zero-order chi connectivity index (χ0) is 20.5. The first-order chi connectivity index (χ1) is 14.0. The van der Waals surface area contributed by atoms with Crippen LogP contribution in [0.3, 0.4) is 0 Å². The smallest absolute Gasteiger partial charge is 0.225 e. The number of carbonyl (C=O) groups is 2. The minimum atomic E-state index is -0.347. The van der Waals surface area contributed by atoms with Crippen molar-refractivity contribution in [2.45, 2.75) is 31.1 Å². The van der Waals surface area contributed by atoms with Crippen molar-refractivity contribution in [3.63, 3.8) is 0 Å². The van der Waals surface area contributed by atoms with Gasteiger partial charge in [0, 0.05) is 35.6 Å². The average molecular weight is 456 g/mol. The number of nitrogens with one attached hydrogen (secondary N) is 1. The molecular weight excluding hydrogens is 434 g/mol. The molecule has 0 spiro atoms. The van der Waals surface area contributed by atoms with Crippen LogP contribution in [-0.2, 0) is 9.59 Å². The second-order valence-electron chi connectivity index (χ2n) is 7.36. The lowest BCUT2D eigenvalue weighted by Gasteiger charge is -2.35. The Labute approximate surface area is 178 Å². The number of hydrogen-bond donors (Lipinski definition) is 1. The van der Waals surface area contributed by atoms with Crippen molar-refractivity contribution in [2.75, 3.05) is 14.2 Å². The van der Waals surface area contributed by atoms with E-state index in [0.29, 0.717) is 29.9 Å². The van der Waals surface area contributed by atoms with Gasteiger partial charge >= 0.3 is 0 Å². The van der Waals surface area contributed by atoms with E-state index in [9.17, 15) is 9.59 Å². The van der Waals surface area contributed by atoms with E-state index in [4.69, 9.17) is 9.47 Å². The minimum Gasteiger partial charge on any atom is -0.496 e. The monoisotopic (exact) mass is 455 g/mol. The Morgan fingerprint density at radius 3 is 2.38 bits per heavy atom. The Balaban J connectivity index is 1.78. The number of allylic oxidation sites excluding steroid dienone is 2. The van der Waals surface area contributed by atoms with Crippen LogP contribution in [0.1, 0.15) is 42.2 Å². The van der Waals surface area contributed by atoms with Gasteiger partial charge in [0.15, 0.2) is 5.78 Å². The minimum absolute atomic E-state index is 0.0721. The highest BCUT2D eigenvalue weighted by Gasteiger charge is 2.39. The van der Waals surface area contributed by atoms with Crippen molar-refractivity contribution in [3.8, 4) is 11.5 Å². The number of halogens is 1. The van der Waals surface area contributed by atoms with Gasteiger partial charge in [-0.05, 0) is 46.0 Å². The van der Waals surface area contributed by atoms with Gasteiger partial charge in [0.05, 0.1) is 18.7 Å². The number of ether oxygens (including phenoxy) is 2. The summed E-state index contributed by atoms with van der Waals surface area (Å²) in [7, 11) is 3.18. The largest absolute Gasteiger partial charge is 0.496 e. The SMILES string of the molecule is COc1cc(C2CC(=O)NC3=C2C(=O)CC(c2ccccc2)C3)c(OC)cc1Br. The Bertz CT molecular complexity index is 999. The fourth-order valence-electron chi connectivity index (χ4n) is 4.34. The van der Waals surface area contributed by atoms with E-state index in [0.717, 1.165) is 21.3 Å². The zero-order valence-electron chi connectivity index (χ0n) is 16.3. The summed E-state index contributed by atoms with van der Waals surface area (Å²) in [6, 6.07) is 13.7. The molecule has 2 unspecified atom stereocenters. The lowest BCUT2D eigenvalue weighted by molar-refractivity contribution is -0.122. The van der Waals surface area contributed by atoms with E-state index in [1.54, 1.807) is 14.2 Å². The Kier molecular flexibility index (Phi) is 5.46. The third-order valence-electron chi connectivity index (χ3n) is 5.69. The van der Waals surface area contributed by atoms with E-state index >= 15 is 0 Å². The second-order valence-corrected chi connectivity index (χ2v) is 8.22. The second kappa shape index (κ2) is 8.03. The summed E-state index contributed by atoms with van der Waals surface area (Å²) in [5.41, 5.74) is 3.34. The van der Waals surface area contributed by atoms with E-state index in [1.807, 2.05) is 42.5 Å². The molecule has 0 radical (unpaired) electrons. The summed E-state index contributed by atoms with van der Waals surface area (Å²) in [6.07, 6.45) is 1.29. The lowest BCUT2D eigenvalue weighted by atomic mass is 9.73. The van der Waals surface area contributed by atoms with Gasteiger partial charge in [0.2, 0.25) is 5.91 Å². The fourth-order valence-corrected chi connectivity index (χ4v) is 4.83. The molecule has 150 valence electrons. The third kappa shape index (κ3) is 3.69. The molecule has 1 N–H and O–H groups in total. The molecule has 4 rings (SSSR count). The molecule has 0 fully saturated rings. The molecule has 0 bridgehead atoms. The van der Waals surface area contributed by atoms with Crippen molar-refractivity contribution in [3.05, 3.63) is 69.3 Å². The highest BCUT2D eigenvalue weighted by atomic mass is 79.9. The Hall–Kier alpha value is -2.60. The molecule has 2 atom stereocenters. The number of ketones is 1. The van der Waals surface area contributed by atoms with E-state index in [1.165, 1.54) is 0 Å². The standard InChI is InChI=1S/C23H22BrNO4/c1-28-20-12-17(24)21(29-2)10-15(20)16-11-22(27)25-18-8-14(9-19(26)23(16)18)13-6-4-3-5-7-13/h3-7,10,12,14,16H,8-9,11H2,1-2H3,(H,25,27). The molecule has 1 aliphatic carbocycles. The van der Waals surface area contributed by atoms with Crippen molar-refractivity contribution < 1.29 is 19.1 Å². The van der Waals surface area contributed by atoms with Crippen molar-refractivity contribution >= 4 is 27.6 Å². The maximum absolute atomic E-state index is 13.2. The van der Waals surface area contributed by atoms with Crippen LogP contribution in [0.5, 0.6) is 11.5 Å². The fraction of sp³-hybridized carbons (Fsp3) is 0.304. The molecule has 0 saturated carbocycles. The van der Waals surface area contributed by atoms with Crippen LogP contribution in [0.2, 0.25) is 0 Å². The van der Waals surface area contributed by atoms with Gasteiger partial charge in [-0.1, -0.05) is 30.3 Å². The van der Waals surface area contributed by atoms with Crippen LogP contribution in [0.4, 0.5) is 0 Å². The number of amides is 1. The summed E-state index contributed by atoms with van der Waals surface area (Å²) in [5, 5.41) is 2.96. The molecule has 1 heterocycles. The van der Waals surface area contributed by atoms with Crippen LogP contribution in [-0.4, -0.2) is 25.9 Å². The number of benzene rings is 2. The van der Waals surface area contributed by atoms with Crippen molar-refractivity contribution in [1.82, 2.24) is 5.32 Å². The van der Waals surface area contributed by atoms with Crippen LogP contribution in [0.25, 0.3) is 0 Å². The van der Waals surface area contributed by atoms with Gasteiger partial charge in [0.25, 0.3) is 0 Å². The molecule has 29 heavy (non-hydrogen) atoms. The number of rotatable bonds is 4. The Morgan fingerprint density at radius 2 is 1.69 bits per heavy atom. The molecule has 0 saturated heterocycles. The van der Waals surface area contributed by atoms with Crippen LogP contribution < -0.4 is 14.8 Å². The van der Waals surface area contributed by atoms with Crippen LogP contribution in [0, 0.1) is 0 Å². The van der Waals surface area contributed by atoms with Crippen LogP contribution in [0.15, 0.2) is 58.2 Å². The van der Waals surface area contributed by atoms with Gasteiger partial charge in [-0.15, -0.1) is 0 Å². The van der Waals surface area contributed by atoms with E-state index < -0.39 is 0 Å². The molecule has 2 aromatic rings. The predicted octanol–water partition coefficient (Wildman–Crippen LogP) is 4.47. The summed E-state index contributed by atoms with van der Waals surface area (Å²) in [6.45, 7) is 0. The van der Waals surface area contributed by atoms with Gasteiger partial charge in [-0.2, -0.15) is 0 Å². The Morgan fingerprint density at radius 1 is 0.966 bits per heavy atom. The normalized spacial score (nSPS) is 21.5. The summed E-state index contributed by atoms with van der Waals surface area (Å²) < 4.78 is 11.8. The maximum atomic E-state index is 13.2. The quantitative estimate of drug-likeness (QED) is 0.738. The first-order valence-electron chi connectivity index (χ1n) is 9.54. The number of carbonyl (C=O) groups excluding carboxylic acids is 2. The average Bonchev–Trinajstić information content (AvgIpc) is 2.73. The maximum Gasteiger partial charge on any atom is 0.225 e. The zero-order valence-corrected chi connectivity index (χ0v) is 17.9. The number of hydrogen-bond acceptors (Lipinski definition) is 4. The van der Waals surface area contributed by atoms with Gasteiger partial charge in [0.1, 0.15) is 11.5 Å². The van der Waals surface area contributed by atoms with Crippen molar-refractivity contribution in [1.29, 1.82) is 0 Å². The molecule has 1 amide bonds. The summed E-state index contributed by atoms with van der Waals surface area (Å²) in [4.78, 5) is 25.8. The topological polar surface area (TPSA) is 64.6 Å². The molecule has 5 nitrogen and oxygen atoms in total. The summed E-state index contributed by atoms with van der Waals surface area (Å²) in [5.74, 6) is 0.984. The lowest BCUT2D eigenvalue weighted by Crippen LogP contribution is -2.38. The molecule has 2 aliphatic rings. The highest BCUT2D eigenvalue weighted by molar-refractivity contribution is 9.10. The molecule has 6 heteroatoms.